The van der Waals surface area contributed by atoms with Crippen LogP contribution in [0, 0.1) is 18.3 Å². The molecule has 1 atom stereocenters. The van der Waals surface area contributed by atoms with Gasteiger partial charge in [0.15, 0.2) is 0 Å². The van der Waals surface area contributed by atoms with Gasteiger partial charge in [-0.1, -0.05) is 20.3 Å². The van der Waals surface area contributed by atoms with Crippen LogP contribution in [0.4, 0.5) is 0 Å². The molecule has 58 valence electrons. The standard InChI is InChI=1S/C9H17N/c1-4-7-9(5-2)8-10-6-3/h1,9-10H,5-8H2,2-3H3. The zero-order valence-electron chi connectivity index (χ0n) is 6.98. The summed E-state index contributed by atoms with van der Waals surface area (Å²) in [5.74, 6) is 3.36. The first-order valence-corrected chi connectivity index (χ1v) is 3.99. The Hall–Kier alpha value is -0.480. The van der Waals surface area contributed by atoms with Crippen molar-refractivity contribution in [3.8, 4) is 12.3 Å². The molecule has 0 saturated carbocycles. The summed E-state index contributed by atoms with van der Waals surface area (Å²) >= 11 is 0. The smallest absolute Gasteiger partial charge is 0.0126 e. The second kappa shape index (κ2) is 6.64. The summed E-state index contributed by atoms with van der Waals surface area (Å²) in [5.41, 5.74) is 0. The molecule has 0 aromatic heterocycles. The number of hydrogen-bond donors (Lipinski definition) is 1. The van der Waals surface area contributed by atoms with Crippen molar-refractivity contribution in [1.29, 1.82) is 0 Å². The Morgan fingerprint density at radius 1 is 1.50 bits per heavy atom. The highest BCUT2D eigenvalue weighted by molar-refractivity contribution is 4.86. The highest BCUT2D eigenvalue weighted by Crippen LogP contribution is 2.04. The maximum Gasteiger partial charge on any atom is 0.0126 e. The Balaban J connectivity index is 3.32. The fourth-order valence-corrected chi connectivity index (χ4v) is 0.876. The summed E-state index contributed by atoms with van der Waals surface area (Å²) in [4.78, 5) is 0. The van der Waals surface area contributed by atoms with Crippen LogP contribution in [0.3, 0.4) is 0 Å². The third-order valence-corrected chi connectivity index (χ3v) is 1.67. The van der Waals surface area contributed by atoms with E-state index in [2.05, 4.69) is 25.1 Å². The van der Waals surface area contributed by atoms with Crippen LogP contribution in [0.25, 0.3) is 0 Å². The van der Waals surface area contributed by atoms with Crippen LogP contribution in [0.2, 0.25) is 0 Å². The van der Waals surface area contributed by atoms with E-state index < -0.39 is 0 Å². The van der Waals surface area contributed by atoms with Crippen LogP contribution in [0.15, 0.2) is 0 Å². The molecule has 10 heavy (non-hydrogen) atoms. The van der Waals surface area contributed by atoms with Gasteiger partial charge in [0.1, 0.15) is 0 Å². The first-order chi connectivity index (χ1) is 4.85. The monoisotopic (exact) mass is 139 g/mol. The third kappa shape index (κ3) is 4.40. The van der Waals surface area contributed by atoms with Crippen molar-refractivity contribution in [2.75, 3.05) is 13.1 Å². The van der Waals surface area contributed by atoms with Gasteiger partial charge in [0.25, 0.3) is 0 Å². The van der Waals surface area contributed by atoms with Gasteiger partial charge in [-0.2, -0.15) is 0 Å². The van der Waals surface area contributed by atoms with Gasteiger partial charge in [-0.3, -0.25) is 0 Å². The first kappa shape index (κ1) is 9.52. The average Bonchev–Trinajstić information content (AvgIpc) is 1.98. The van der Waals surface area contributed by atoms with Gasteiger partial charge in [0.2, 0.25) is 0 Å². The van der Waals surface area contributed by atoms with Gasteiger partial charge in [0.05, 0.1) is 0 Å². The third-order valence-electron chi connectivity index (χ3n) is 1.67. The van der Waals surface area contributed by atoms with E-state index in [-0.39, 0.29) is 0 Å². The van der Waals surface area contributed by atoms with Gasteiger partial charge in [0, 0.05) is 6.42 Å². The highest BCUT2D eigenvalue weighted by Gasteiger charge is 2.01. The molecule has 0 amide bonds. The van der Waals surface area contributed by atoms with Crippen LogP contribution in [0.5, 0.6) is 0 Å². The highest BCUT2D eigenvalue weighted by atomic mass is 14.8. The zero-order valence-corrected chi connectivity index (χ0v) is 6.98. The minimum atomic E-state index is 0.671. The first-order valence-electron chi connectivity index (χ1n) is 3.99. The molecule has 1 heteroatoms. The molecule has 0 bridgehead atoms. The molecule has 0 radical (unpaired) electrons. The zero-order chi connectivity index (χ0) is 7.82. The van der Waals surface area contributed by atoms with E-state index in [1.807, 2.05) is 0 Å². The molecular formula is C9H17N. The Kier molecular flexibility index (Phi) is 6.32. The van der Waals surface area contributed by atoms with Crippen LogP contribution in [-0.4, -0.2) is 13.1 Å². The molecule has 0 aromatic rings. The summed E-state index contributed by atoms with van der Waals surface area (Å²) in [6, 6.07) is 0. The Labute approximate surface area is 64.2 Å². The fraction of sp³-hybridized carbons (Fsp3) is 0.778. The lowest BCUT2D eigenvalue weighted by molar-refractivity contribution is 0.480. The minimum Gasteiger partial charge on any atom is -0.317 e. The fourth-order valence-electron chi connectivity index (χ4n) is 0.876. The lowest BCUT2D eigenvalue weighted by Crippen LogP contribution is -2.21. The normalized spacial score (nSPS) is 12.5. The summed E-state index contributed by atoms with van der Waals surface area (Å²) < 4.78 is 0. The molecule has 0 aromatic carbocycles. The molecular weight excluding hydrogens is 122 g/mol. The Morgan fingerprint density at radius 3 is 2.60 bits per heavy atom. The molecule has 1 nitrogen and oxygen atoms in total. The van der Waals surface area contributed by atoms with Crippen LogP contribution >= 0.6 is 0 Å². The van der Waals surface area contributed by atoms with Gasteiger partial charge >= 0.3 is 0 Å². The van der Waals surface area contributed by atoms with E-state index in [0.717, 1.165) is 19.5 Å². The van der Waals surface area contributed by atoms with Crippen LogP contribution in [0.1, 0.15) is 26.7 Å². The molecule has 0 spiro atoms. The molecule has 0 rings (SSSR count). The SMILES string of the molecule is C#CCC(CC)CNCC. The molecule has 1 N–H and O–H groups in total. The van der Waals surface area contributed by atoms with Crippen molar-refractivity contribution >= 4 is 0 Å². The predicted octanol–water partition coefficient (Wildman–Crippen LogP) is 1.65. The average molecular weight is 139 g/mol. The largest absolute Gasteiger partial charge is 0.317 e. The van der Waals surface area contributed by atoms with Crippen molar-refractivity contribution < 1.29 is 0 Å². The molecule has 0 fully saturated rings. The van der Waals surface area contributed by atoms with Gasteiger partial charge in [-0.15, -0.1) is 12.3 Å². The van der Waals surface area contributed by atoms with Gasteiger partial charge in [-0.05, 0) is 19.0 Å². The maximum absolute atomic E-state index is 5.20. The van der Waals surface area contributed by atoms with Gasteiger partial charge in [-0.25, -0.2) is 0 Å². The summed E-state index contributed by atoms with van der Waals surface area (Å²) in [6.45, 7) is 6.40. The lowest BCUT2D eigenvalue weighted by Gasteiger charge is -2.10. The molecule has 0 heterocycles. The quantitative estimate of drug-likeness (QED) is 0.571. The molecule has 0 aliphatic heterocycles. The number of terminal acetylenes is 1. The van der Waals surface area contributed by atoms with E-state index in [0.29, 0.717) is 5.92 Å². The van der Waals surface area contributed by atoms with Crippen molar-refractivity contribution in [1.82, 2.24) is 5.32 Å². The molecule has 1 unspecified atom stereocenters. The Morgan fingerprint density at radius 2 is 2.20 bits per heavy atom. The second-order valence-electron chi connectivity index (χ2n) is 2.49. The minimum absolute atomic E-state index is 0.671. The molecule has 0 aliphatic carbocycles. The lowest BCUT2D eigenvalue weighted by atomic mass is 10.0. The van der Waals surface area contributed by atoms with Crippen molar-refractivity contribution in [2.45, 2.75) is 26.7 Å². The topological polar surface area (TPSA) is 12.0 Å². The van der Waals surface area contributed by atoms with Crippen molar-refractivity contribution in [3.63, 3.8) is 0 Å². The van der Waals surface area contributed by atoms with E-state index in [9.17, 15) is 0 Å². The number of hydrogen-bond acceptors (Lipinski definition) is 1. The van der Waals surface area contributed by atoms with E-state index in [4.69, 9.17) is 6.42 Å². The second-order valence-corrected chi connectivity index (χ2v) is 2.49. The van der Waals surface area contributed by atoms with Crippen LogP contribution < -0.4 is 5.32 Å². The number of nitrogens with one attached hydrogen (secondary N) is 1. The summed E-state index contributed by atoms with van der Waals surface area (Å²) in [7, 11) is 0. The predicted molar refractivity (Wildman–Crippen MR) is 45.8 cm³/mol. The number of rotatable bonds is 5. The van der Waals surface area contributed by atoms with Crippen molar-refractivity contribution in [3.05, 3.63) is 0 Å². The van der Waals surface area contributed by atoms with Gasteiger partial charge < -0.3 is 5.32 Å². The van der Waals surface area contributed by atoms with E-state index in [1.165, 1.54) is 6.42 Å². The van der Waals surface area contributed by atoms with Crippen molar-refractivity contribution in [2.24, 2.45) is 5.92 Å². The Bertz CT molecular complexity index is 102. The summed E-state index contributed by atoms with van der Waals surface area (Å²) in [6.07, 6.45) is 7.28. The molecule has 0 saturated heterocycles. The summed E-state index contributed by atoms with van der Waals surface area (Å²) in [5, 5.41) is 3.29. The van der Waals surface area contributed by atoms with E-state index >= 15 is 0 Å². The molecule has 0 aliphatic rings. The van der Waals surface area contributed by atoms with Crippen LogP contribution in [-0.2, 0) is 0 Å². The maximum atomic E-state index is 5.20. The van der Waals surface area contributed by atoms with E-state index in [1.54, 1.807) is 0 Å².